The van der Waals surface area contributed by atoms with Gasteiger partial charge in [-0.2, -0.15) is 18.3 Å². The molecule has 0 unspecified atom stereocenters. The predicted octanol–water partition coefficient (Wildman–Crippen LogP) is 4.75. The Kier molecular flexibility index (Phi) is 5.78. The summed E-state index contributed by atoms with van der Waals surface area (Å²) >= 11 is 0. The molecule has 164 valence electrons. The van der Waals surface area contributed by atoms with Crippen molar-refractivity contribution in [2.75, 3.05) is 17.2 Å². The number of carbonyl (C=O) groups is 1. The van der Waals surface area contributed by atoms with Crippen LogP contribution in [0.2, 0.25) is 0 Å². The average Bonchev–Trinajstić information content (AvgIpc) is 3.17. The number of fused-ring (bicyclic) bond motifs is 1. The van der Waals surface area contributed by atoms with Gasteiger partial charge in [0, 0.05) is 28.5 Å². The number of hydrogen-bond donors (Lipinski definition) is 3. The fourth-order valence-electron chi connectivity index (χ4n) is 3.29. The average molecular weight is 441 g/mol. The molecule has 0 spiro atoms. The second-order valence-electron chi connectivity index (χ2n) is 6.95. The van der Waals surface area contributed by atoms with E-state index in [1.165, 1.54) is 12.1 Å². The first-order valence-electron chi connectivity index (χ1n) is 9.61. The van der Waals surface area contributed by atoms with Crippen LogP contribution in [0, 0.1) is 0 Å². The van der Waals surface area contributed by atoms with Crippen molar-refractivity contribution >= 4 is 28.3 Å². The number of benzene rings is 2. The quantitative estimate of drug-likeness (QED) is 0.417. The van der Waals surface area contributed by atoms with Crippen molar-refractivity contribution in [2.45, 2.75) is 12.7 Å². The summed E-state index contributed by atoms with van der Waals surface area (Å²) in [6.07, 6.45) is 0.596. The lowest BCUT2D eigenvalue weighted by atomic mass is 10.0. The zero-order valence-corrected chi connectivity index (χ0v) is 16.6. The molecule has 0 saturated carbocycles. The number of rotatable bonds is 5. The van der Waals surface area contributed by atoms with E-state index in [9.17, 15) is 18.0 Å². The van der Waals surface area contributed by atoms with Gasteiger partial charge in [0.2, 0.25) is 0 Å². The lowest BCUT2D eigenvalue weighted by Gasteiger charge is -2.11. The van der Waals surface area contributed by atoms with Gasteiger partial charge in [0.05, 0.1) is 36.6 Å². The molecule has 0 atom stereocenters. The first-order valence-corrected chi connectivity index (χ1v) is 9.61. The number of aliphatic hydroxyl groups excluding tert-OH is 1. The topological polar surface area (TPSA) is 92.1 Å². The summed E-state index contributed by atoms with van der Waals surface area (Å²) in [5, 5.41) is 19.3. The molecule has 4 rings (SSSR count). The Bertz CT molecular complexity index is 1250. The number of halogens is 3. The van der Waals surface area contributed by atoms with Crippen LogP contribution in [0.1, 0.15) is 5.56 Å². The molecule has 2 amide bonds. The van der Waals surface area contributed by atoms with E-state index >= 15 is 0 Å². The van der Waals surface area contributed by atoms with Crippen molar-refractivity contribution in [3.63, 3.8) is 0 Å². The lowest BCUT2D eigenvalue weighted by molar-refractivity contribution is -0.137. The molecule has 4 aromatic rings. The summed E-state index contributed by atoms with van der Waals surface area (Å²) in [6, 6.07) is 10.7. The monoisotopic (exact) mass is 441 g/mol. The second-order valence-corrected chi connectivity index (χ2v) is 6.95. The smallest absolute Gasteiger partial charge is 0.394 e. The number of amides is 2. The zero-order valence-electron chi connectivity index (χ0n) is 16.6. The van der Waals surface area contributed by atoms with E-state index < -0.39 is 17.8 Å². The highest BCUT2D eigenvalue weighted by Gasteiger charge is 2.30. The van der Waals surface area contributed by atoms with Crippen molar-refractivity contribution in [1.29, 1.82) is 0 Å². The molecule has 0 fully saturated rings. The zero-order chi connectivity index (χ0) is 22.7. The third-order valence-electron chi connectivity index (χ3n) is 4.78. The van der Waals surface area contributed by atoms with Crippen molar-refractivity contribution < 1.29 is 23.1 Å². The summed E-state index contributed by atoms with van der Waals surface area (Å²) in [7, 11) is 0. The fourth-order valence-corrected chi connectivity index (χ4v) is 3.29. The van der Waals surface area contributed by atoms with Crippen molar-refractivity contribution in [3.05, 3.63) is 72.7 Å². The molecular weight excluding hydrogens is 423 g/mol. The van der Waals surface area contributed by atoms with E-state index in [1.807, 2.05) is 0 Å². The van der Waals surface area contributed by atoms with Crippen LogP contribution in [0.15, 0.2) is 67.1 Å². The van der Waals surface area contributed by atoms with Gasteiger partial charge < -0.3 is 15.7 Å². The molecule has 2 aromatic carbocycles. The number of nitrogens with one attached hydrogen (secondary N) is 2. The first kappa shape index (κ1) is 21.3. The molecule has 2 heterocycles. The van der Waals surface area contributed by atoms with Crippen molar-refractivity contribution in [1.82, 2.24) is 14.8 Å². The van der Waals surface area contributed by atoms with Gasteiger partial charge in [0.25, 0.3) is 0 Å². The molecule has 0 saturated heterocycles. The Balaban J connectivity index is 1.48. The highest BCUT2D eigenvalue weighted by molar-refractivity contribution is 6.00. The molecule has 0 aliphatic rings. The minimum absolute atomic E-state index is 0.0339. The highest BCUT2D eigenvalue weighted by Crippen LogP contribution is 2.31. The summed E-state index contributed by atoms with van der Waals surface area (Å²) in [5.74, 6) is 0. The molecule has 32 heavy (non-hydrogen) atoms. The minimum Gasteiger partial charge on any atom is -0.394 e. The summed E-state index contributed by atoms with van der Waals surface area (Å²) in [5.41, 5.74) is 2.13. The van der Waals surface area contributed by atoms with Crippen LogP contribution >= 0.6 is 0 Å². The fraction of sp³-hybridized carbons (Fsp3) is 0.136. The van der Waals surface area contributed by atoms with E-state index in [0.717, 1.165) is 34.2 Å². The van der Waals surface area contributed by atoms with Crippen LogP contribution in [0.3, 0.4) is 0 Å². The normalized spacial score (nSPS) is 11.5. The maximum Gasteiger partial charge on any atom is 0.416 e. The molecule has 3 N–H and O–H groups in total. The van der Waals surface area contributed by atoms with Crippen LogP contribution < -0.4 is 10.6 Å². The third kappa shape index (κ3) is 4.54. The summed E-state index contributed by atoms with van der Waals surface area (Å²) < 4.78 is 40.1. The van der Waals surface area contributed by atoms with Crippen LogP contribution in [0.5, 0.6) is 0 Å². The molecule has 0 radical (unpaired) electrons. The number of anilines is 2. The maximum atomic E-state index is 12.8. The van der Waals surface area contributed by atoms with E-state index in [1.54, 1.807) is 47.5 Å². The lowest BCUT2D eigenvalue weighted by Crippen LogP contribution is -2.19. The van der Waals surface area contributed by atoms with Crippen molar-refractivity contribution in [2.24, 2.45) is 0 Å². The Morgan fingerprint density at radius 2 is 1.75 bits per heavy atom. The van der Waals surface area contributed by atoms with Gasteiger partial charge in [-0.05, 0) is 35.9 Å². The van der Waals surface area contributed by atoms with Gasteiger partial charge in [0.1, 0.15) is 0 Å². The molecule has 2 aromatic heterocycles. The van der Waals surface area contributed by atoms with E-state index in [-0.39, 0.29) is 12.3 Å². The van der Waals surface area contributed by atoms with Gasteiger partial charge in [-0.3, -0.25) is 9.67 Å². The first-order chi connectivity index (χ1) is 15.3. The van der Waals surface area contributed by atoms with Gasteiger partial charge >= 0.3 is 12.2 Å². The Labute approximate surface area is 180 Å². The SMILES string of the molecule is O=C(Nc1ccc(-c2cncc3c2cnn3CCO)cc1)Nc1cccc(C(F)(F)F)c1. The van der Waals surface area contributed by atoms with Crippen LogP contribution in [0.25, 0.3) is 22.0 Å². The molecule has 0 bridgehead atoms. The minimum atomic E-state index is -4.49. The number of hydrogen-bond acceptors (Lipinski definition) is 4. The Morgan fingerprint density at radius 1 is 1.00 bits per heavy atom. The molecule has 10 heteroatoms. The standard InChI is InChI=1S/C22H18F3N5O2/c23-22(24,25)15-2-1-3-17(10-15)29-21(32)28-16-6-4-14(5-7-16)18-11-26-13-20-19(18)12-27-30(20)8-9-31/h1-7,10-13,31H,8-9H2,(H2,28,29,32). The van der Waals surface area contributed by atoms with E-state index in [2.05, 4.69) is 20.7 Å². The predicted molar refractivity (Wildman–Crippen MR) is 114 cm³/mol. The van der Waals surface area contributed by atoms with Crippen molar-refractivity contribution in [3.8, 4) is 11.1 Å². The molecular formula is C22H18F3N5O2. The highest BCUT2D eigenvalue weighted by atomic mass is 19.4. The third-order valence-corrected chi connectivity index (χ3v) is 4.78. The number of carbonyl (C=O) groups excluding carboxylic acids is 1. The van der Waals surface area contributed by atoms with Gasteiger partial charge in [0.15, 0.2) is 0 Å². The molecule has 0 aliphatic carbocycles. The van der Waals surface area contributed by atoms with Crippen LogP contribution in [0.4, 0.5) is 29.3 Å². The van der Waals surface area contributed by atoms with Gasteiger partial charge in [-0.25, -0.2) is 4.79 Å². The number of urea groups is 1. The van der Waals surface area contributed by atoms with Gasteiger partial charge in [-0.1, -0.05) is 18.2 Å². The second kappa shape index (κ2) is 8.67. The number of aromatic nitrogens is 3. The van der Waals surface area contributed by atoms with Gasteiger partial charge in [-0.15, -0.1) is 0 Å². The number of nitrogens with zero attached hydrogens (tertiary/aromatic N) is 3. The van der Waals surface area contributed by atoms with E-state index in [0.29, 0.717) is 12.2 Å². The molecule has 7 nitrogen and oxygen atoms in total. The van der Waals surface area contributed by atoms with Crippen LogP contribution in [-0.2, 0) is 12.7 Å². The maximum absolute atomic E-state index is 12.8. The number of pyridine rings is 1. The number of aliphatic hydroxyl groups is 1. The summed E-state index contributed by atoms with van der Waals surface area (Å²) in [6.45, 7) is 0.322. The number of alkyl halides is 3. The Hall–Kier alpha value is -3.92. The Morgan fingerprint density at radius 3 is 2.47 bits per heavy atom. The molecule has 0 aliphatic heterocycles. The summed E-state index contributed by atoms with van der Waals surface area (Å²) in [4.78, 5) is 16.4. The van der Waals surface area contributed by atoms with Crippen LogP contribution in [-0.4, -0.2) is 32.5 Å². The largest absolute Gasteiger partial charge is 0.416 e. The van der Waals surface area contributed by atoms with E-state index in [4.69, 9.17) is 5.11 Å².